The minimum Gasteiger partial charge on any atom is -0.374 e. The van der Waals surface area contributed by atoms with Crippen LogP contribution in [0.4, 0.5) is 0 Å². The second-order valence-electron chi connectivity index (χ2n) is 6.71. The van der Waals surface area contributed by atoms with Gasteiger partial charge in [-0.2, -0.15) is 0 Å². The largest absolute Gasteiger partial charge is 0.374 e. The molecule has 2 aliphatic heterocycles. The zero-order valence-corrected chi connectivity index (χ0v) is 13.6. The van der Waals surface area contributed by atoms with Crippen LogP contribution in [0.3, 0.4) is 0 Å². The van der Waals surface area contributed by atoms with Crippen LogP contribution in [0.1, 0.15) is 33.6 Å². The fourth-order valence-corrected chi connectivity index (χ4v) is 3.54. The highest BCUT2D eigenvalue weighted by atomic mass is 16.5. The molecule has 1 N–H and O–H groups in total. The Morgan fingerprint density at radius 3 is 2.70 bits per heavy atom. The Bertz CT molecular complexity index is 266. The van der Waals surface area contributed by atoms with Crippen molar-refractivity contribution in [3.05, 3.63) is 0 Å². The first-order chi connectivity index (χ1) is 9.69. The van der Waals surface area contributed by atoms with E-state index in [-0.39, 0.29) is 0 Å². The minimum atomic E-state index is 0.400. The molecule has 0 aromatic rings. The van der Waals surface area contributed by atoms with Gasteiger partial charge in [0.1, 0.15) is 0 Å². The molecule has 4 nitrogen and oxygen atoms in total. The van der Waals surface area contributed by atoms with Crippen molar-refractivity contribution in [3.8, 4) is 0 Å². The number of nitrogens with one attached hydrogen (secondary N) is 1. The predicted molar refractivity (Wildman–Crippen MR) is 84.2 cm³/mol. The van der Waals surface area contributed by atoms with Crippen molar-refractivity contribution in [2.24, 2.45) is 5.92 Å². The molecule has 2 saturated heterocycles. The maximum atomic E-state index is 6.01. The molecule has 0 aliphatic carbocycles. The molecule has 2 heterocycles. The molecule has 4 heteroatoms. The zero-order valence-electron chi connectivity index (χ0n) is 13.6. The van der Waals surface area contributed by atoms with Gasteiger partial charge >= 0.3 is 0 Å². The first kappa shape index (κ1) is 16.2. The van der Waals surface area contributed by atoms with Crippen molar-refractivity contribution in [3.63, 3.8) is 0 Å². The number of nitrogens with zero attached hydrogens (tertiary/aromatic N) is 2. The van der Waals surface area contributed by atoms with E-state index in [9.17, 15) is 0 Å². The molecular weight excluding hydrogens is 250 g/mol. The van der Waals surface area contributed by atoms with Crippen molar-refractivity contribution < 1.29 is 4.74 Å². The van der Waals surface area contributed by atoms with Gasteiger partial charge < -0.3 is 10.1 Å². The zero-order chi connectivity index (χ0) is 14.4. The van der Waals surface area contributed by atoms with Gasteiger partial charge in [0.25, 0.3) is 0 Å². The lowest BCUT2D eigenvalue weighted by molar-refractivity contribution is -0.0519. The molecule has 1 unspecified atom stereocenters. The summed E-state index contributed by atoms with van der Waals surface area (Å²) >= 11 is 0. The van der Waals surface area contributed by atoms with Gasteiger partial charge in [0.05, 0.1) is 12.7 Å². The number of morpholine rings is 1. The van der Waals surface area contributed by atoms with Crippen LogP contribution in [0.15, 0.2) is 0 Å². The molecule has 0 radical (unpaired) electrons. The molecule has 1 atom stereocenters. The molecule has 0 spiro atoms. The van der Waals surface area contributed by atoms with E-state index >= 15 is 0 Å². The molecule has 0 bridgehead atoms. The molecule has 2 rings (SSSR count). The van der Waals surface area contributed by atoms with E-state index in [4.69, 9.17) is 4.74 Å². The molecule has 2 fully saturated rings. The lowest BCUT2D eigenvalue weighted by Gasteiger charge is -2.39. The van der Waals surface area contributed by atoms with Crippen LogP contribution in [0, 0.1) is 5.92 Å². The number of rotatable bonds is 6. The highest BCUT2D eigenvalue weighted by Crippen LogP contribution is 2.15. The van der Waals surface area contributed by atoms with Crippen LogP contribution >= 0.6 is 0 Å². The topological polar surface area (TPSA) is 27.7 Å². The molecule has 20 heavy (non-hydrogen) atoms. The van der Waals surface area contributed by atoms with E-state index in [2.05, 4.69) is 35.9 Å². The molecule has 0 amide bonds. The van der Waals surface area contributed by atoms with Gasteiger partial charge in [0.2, 0.25) is 0 Å². The summed E-state index contributed by atoms with van der Waals surface area (Å²) in [6.07, 6.45) is 2.98. The summed E-state index contributed by atoms with van der Waals surface area (Å²) in [5.41, 5.74) is 0. The Morgan fingerprint density at radius 1 is 1.30 bits per heavy atom. The molecule has 2 aliphatic rings. The average Bonchev–Trinajstić information content (AvgIpc) is 2.45. The third-order valence-electron chi connectivity index (χ3n) is 4.52. The smallest absolute Gasteiger partial charge is 0.0829 e. The van der Waals surface area contributed by atoms with Crippen LogP contribution in [0.2, 0.25) is 0 Å². The standard InChI is InChI=1S/C16H33N3O/c1-4-19(15-5-7-17-8-6-15)13-16-12-18(9-10-20-16)11-14(2)3/h14-17H,4-13H2,1-3H3. The molecule has 118 valence electrons. The monoisotopic (exact) mass is 283 g/mol. The van der Waals surface area contributed by atoms with Crippen LogP contribution in [-0.2, 0) is 4.74 Å². The van der Waals surface area contributed by atoms with Crippen molar-refractivity contribution in [1.82, 2.24) is 15.1 Å². The van der Waals surface area contributed by atoms with Gasteiger partial charge in [-0.25, -0.2) is 0 Å². The van der Waals surface area contributed by atoms with Gasteiger partial charge in [0.15, 0.2) is 0 Å². The summed E-state index contributed by atoms with van der Waals surface area (Å²) in [7, 11) is 0. The van der Waals surface area contributed by atoms with Crippen LogP contribution < -0.4 is 5.32 Å². The quantitative estimate of drug-likeness (QED) is 0.798. The Kier molecular flexibility index (Phi) is 6.75. The molecule has 0 aromatic heterocycles. The number of ether oxygens (including phenoxy) is 1. The summed E-state index contributed by atoms with van der Waals surface area (Å²) < 4.78 is 6.01. The molecule has 0 aromatic carbocycles. The van der Waals surface area contributed by atoms with Crippen molar-refractivity contribution >= 4 is 0 Å². The van der Waals surface area contributed by atoms with E-state index < -0.39 is 0 Å². The molecule has 0 saturated carbocycles. The van der Waals surface area contributed by atoms with Crippen molar-refractivity contribution in [2.75, 3.05) is 52.4 Å². The van der Waals surface area contributed by atoms with Gasteiger partial charge in [-0.1, -0.05) is 20.8 Å². The van der Waals surface area contributed by atoms with E-state index in [1.165, 1.54) is 32.5 Å². The van der Waals surface area contributed by atoms with Crippen molar-refractivity contribution in [1.29, 1.82) is 0 Å². The van der Waals surface area contributed by atoms with E-state index in [1.807, 2.05) is 0 Å². The molecular formula is C16H33N3O. The first-order valence-electron chi connectivity index (χ1n) is 8.47. The van der Waals surface area contributed by atoms with Gasteiger partial charge in [-0.15, -0.1) is 0 Å². The second kappa shape index (κ2) is 8.32. The summed E-state index contributed by atoms with van der Waals surface area (Å²) in [5.74, 6) is 0.750. The summed E-state index contributed by atoms with van der Waals surface area (Å²) in [5, 5.41) is 3.46. The van der Waals surface area contributed by atoms with Gasteiger partial charge in [-0.3, -0.25) is 9.80 Å². The highest BCUT2D eigenvalue weighted by Gasteiger charge is 2.26. The van der Waals surface area contributed by atoms with Crippen molar-refractivity contribution in [2.45, 2.75) is 45.8 Å². The van der Waals surface area contributed by atoms with E-state index in [1.54, 1.807) is 0 Å². The van der Waals surface area contributed by atoms with Gasteiger partial charge in [0, 0.05) is 32.2 Å². The number of hydrogen-bond acceptors (Lipinski definition) is 4. The third kappa shape index (κ3) is 4.99. The highest BCUT2D eigenvalue weighted by molar-refractivity contribution is 4.81. The predicted octanol–water partition coefficient (Wildman–Crippen LogP) is 1.42. The lowest BCUT2D eigenvalue weighted by Crippen LogP contribution is -2.51. The lowest BCUT2D eigenvalue weighted by atomic mass is 10.0. The van der Waals surface area contributed by atoms with Crippen LogP contribution in [-0.4, -0.2) is 74.4 Å². The summed E-state index contributed by atoms with van der Waals surface area (Å²) in [6.45, 7) is 15.8. The van der Waals surface area contributed by atoms with Gasteiger partial charge in [-0.05, 0) is 38.4 Å². The van der Waals surface area contributed by atoms with Crippen LogP contribution in [0.25, 0.3) is 0 Å². The Morgan fingerprint density at radius 2 is 2.05 bits per heavy atom. The minimum absolute atomic E-state index is 0.400. The fourth-order valence-electron chi connectivity index (χ4n) is 3.54. The van der Waals surface area contributed by atoms with Crippen LogP contribution in [0.5, 0.6) is 0 Å². The fraction of sp³-hybridized carbons (Fsp3) is 1.00. The number of hydrogen-bond donors (Lipinski definition) is 1. The normalized spacial score (nSPS) is 26.6. The average molecular weight is 283 g/mol. The first-order valence-corrected chi connectivity index (χ1v) is 8.47. The van der Waals surface area contributed by atoms with E-state index in [0.717, 1.165) is 44.7 Å². The SMILES string of the molecule is CCN(CC1CN(CC(C)C)CCO1)C1CCNCC1. The Hall–Kier alpha value is -0.160. The Balaban J connectivity index is 1.80. The maximum absolute atomic E-state index is 6.01. The number of likely N-dealkylation sites (N-methyl/N-ethyl adjacent to an activating group) is 1. The summed E-state index contributed by atoms with van der Waals surface area (Å²) in [6, 6.07) is 0.755. The number of piperidine rings is 1. The van der Waals surface area contributed by atoms with E-state index in [0.29, 0.717) is 6.10 Å². The summed E-state index contributed by atoms with van der Waals surface area (Å²) in [4.78, 5) is 5.22. The maximum Gasteiger partial charge on any atom is 0.0829 e. The third-order valence-corrected chi connectivity index (χ3v) is 4.52. The second-order valence-corrected chi connectivity index (χ2v) is 6.71. The Labute approximate surface area is 124 Å².